The zero-order valence-electron chi connectivity index (χ0n) is 20.0. The molecule has 1 aliphatic heterocycles. The van der Waals surface area contributed by atoms with Crippen LogP contribution in [-0.4, -0.2) is 40.4 Å². The number of nitrogens with one attached hydrogen (secondary N) is 2. The van der Waals surface area contributed by atoms with Crippen LogP contribution in [0.15, 0.2) is 82.4 Å². The number of nitrogens with zero attached hydrogens (tertiary/aromatic N) is 1. The Morgan fingerprint density at radius 2 is 1.63 bits per heavy atom. The van der Waals surface area contributed by atoms with Crippen molar-refractivity contribution < 1.29 is 32.3 Å². The Bertz CT molecular complexity index is 1590. The van der Waals surface area contributed by atoms with Crippen molar-refractivity contribution >= 4 is 56.4 Å². The number of methoxy groups -OCH3 is 2. The Morgan fingerprint density at radius 1 is 0.921 bits per heavy atom. The summed E-state index contributed by atoms with van der Waals surface area (Å²) in [6, 6.07) is 16.1. The minimum Gasteiger partial charge on any atom is -0.497 e. The number of halogens is 1. The van der Waals surface area contributed by atoms with Crippen LogP contribution in [0, 0.1) is 0 Å². The average Bonchev–Trinajstić information content (AvgIpc) is 3.11. The van der Waals surface area contributed by atoms with Gasteiger partial charge in [0.2, 0.25) is 10.0 Å². The first-order chi connectivity index (χ1) is 18.0. The van der Waals surface area contributed by atoms with Gasteiger partial charge in [-0.3, -0.25) is 14.4 Å². The highest BCUT2D eigenvalue weighted by molar-refractivity contribution is 7.89. The van der Waals surface area contributed by atoms with Gasteiger partial charge in [-0.15, -0.1) is 0 Å². The number of anilines is 3. The molecule has 11 nitrogen and oxygen atoms in total. The summed E-state index contributed by atoms with van der Waals surface area (Å²) in [5.41, 5.74) is 0.880. The van der Waals surface area contributed by atoms with Gasteiger partial charge in [0, 0.05) is 23.0 Å². The number of imide groups is 1. The van der Waals surface area contributed by atoms with Gasteiger partial charge in [0.1, 0.15) is 22.2 Å². The monoisotopic (exact) mass is 556 g/mol. The number of benzene rings is 3. The molecule has 3 aromatic carbocycles. The highest BCUT2D eigenvalue weighted by Gasteiger charge is 2.40. The van der Waals surface area contributed by atoms with E-state index in [4.69, 9.17) is 26.2 Å². The number of ether oxygens (including phenoxy) is 2. The van der Waals surface area contributed by atoms with E-state index in [0.29, 0.717) is 17.1 Å². The maximum Gasteiger partial charge on any atom is 0.283 e. The number of amides is 3. The number of carbonyl (C=O) groups excluding carboxylic acids is 3. The Hall–Kier alpha value is -4.39. The molecule has 3 amide bonds. The van der Waals surface area contributed by atoms with Crippen molar-refractivity contribution in [3.8, 4) is 11.5 Å². The summed E-state index contributed by atoms with van der Waals surface area (Å²) in [5, 5.41) is 10.2. The number of primary sulfonamides is 1. The van der Waals surface area contributed by atoms with Crippen LogP contribution >= 0.6 is 11.6 Å². The molecule has 13 heteroatoms. The first-order valence-electron chi connectivity index (χ1n) is 10.9. The molecule has 4 N–H and O–H groups in total. The molecule has 0 spiro atoms. The molecule has 0 unspecified atom stereocenters. The standard InChI is InChI=1S/C25H21ClN4O7S/c1-36-17-8-11-19(20(13-17)37-2)30-24(32)21(26)22(25(30)33)28-16-5-3-4-14(12-16)23(31)29-15-6-9-18(10-7-15)38(27,34)35/h3-13,28H,1-2H3,(H,29,31)(H2,27,34,35). The van der Waals surface area contributed by atoms with E-state index in [0.717, 1.165) is 4.90 Å². The Balaban J connectivity index is 1.53. The Labute approximate surface area is 222 Å². The number of carbonyl (C=O) groups is 3. The van der Waals surface area contributed by atoms with Crippen molar-refractivity contribution in [2.75, 3.05) is 29.8 Å². The molecule has 1 aliphatic rings. The van der Waals surface area contributed by atoms with E-state index >= 15 is 0 Å². The van der Waals surface area contributed by atoms with E-state index in [1.54, 1.807) is 18.2 Å². The topological polar surface area (TPSA) is 157 Å². The molecule has 4 rings (SSSR count). The van der Waals surface area contributed by atoms with Crippen molar-refractivity contribution in [3.05, 3.63) is 83.0 Å². The van der Waals surface area contributed by atoms with Crippen LogP contribution in [0.3, 0.4) is 0 Å². The van der Waals surface area contributed by atoms with Gasteiger partial charge in [-0.05, 0) is 54.6 Å². The van der Waals surface area contributed by atoms with Gasteiger partial charge in [-0.2, -0.15) is 0 Å². The quantitative estimate of drug-likeness (QED) is 0.357. The third-order valence-electron chi connectivity index (χ3n) is 5.49. The third-order valence-corrected chi connectivity index (χ3v) is 6.77. The van der Waals surface area contributed by atoms with Crippen molar-refractivity contribution in [3.63, 3.8) is 0 Å². The SMILES string of the molecule is COc1ccc(N2C(=O)C(Cl)=C(Nc3cccc(C(=O)Nc4ccc(S(N)(=O)=O)cc4)c3)C2=O)c(OC)c1. The summed E-state index contributed by atoms with van der Waals surface area (Å²) >= 11 is 6.24. The van der Waals surface area contributed by atoms with Gasteiger partial charge in [-0.1, -0.05) is 17.7 Å². The summed E-state index contributed by atoms with van der Waals surface area (Å²) in [6.45, 7) is 0. The molecule has 0 saturated heterocycles. The molecule has 3 aromatic rings. The van der Waals surface area contributed by atoms with Crippen LogP contribution in [0.1, 0.15) is 10.4 Å². The highest BCUT2D eigenvalue weighted by Crippen LogP contribution is 2.37. The highest BCUT2D eigenvalue weighted by atomic mass is 35.5. The molecule has 0 aromatic heterocycles. The summed E-state index contributed by atoms with van der Waals surface area (Å²) in [4.78, 5) is 39.6. The largest absolute Gasteiger partial charge is 0.497 e. The molecule has 0 atom stereocenters. The minimum absolute atomic E-state index is 0.0936. The third kappa shape index (κ3) is 5.32. The van der Waals surface area contributed by atoms with Gasteiger partial charge in [0.15, 0.2) is 0 Å². The van der Waals surface area contributed by atoms with Crippen molar-refractivity contribution in [2.45, 2.75) is 4.90 Å². The van der Waals surface area contributed by atoms with Crippen LogP contribution in [0.2, 0.25) is 0 Å². The second-order valence-corrected chi connectivity index (χ2v) is 9.84. The molecular weight excluding hydrogens is 536 g/mol. The molecule has 0 saturated carbocycles. The number of hydrogen-bond acceptors (Lipinski definition) is 8. The van der Waals surface area contributed by atoms with E-state index in [1.807, 2.05) is 0 Å². The molecule has 0 fully saturated rings. The van der Waals surface area contributed by atoms with Crippen molar-refractivity contribution in [1.82, 2.24) is 0 Å². The lowest BCUT2D eigenvalue weighted by molar-refractivity contribution is -0.120. The van der Waals surface area contributed by atoms with E-state index in [2.05, 4.69) is 10.6 Å². The maximum atomic E-state index is 13.2. The molecule has 0 bridgehead atoms. The van der Waals surface area contributed by atoms with Crippen LogP contribution in [0.5, 0.6) is 11.5 Å². The lowest BCUT2D eigenvalue weighted by Crippen LogP contribution is -2.32. The van der Waals surface area contributed by atoms with Gasteiger partial charge in [0.05, 0.1) is 24.8 Å². The number of sulfonamides is 1. The van der Waals surface area contributed by atoms with Crippen LogP contribution in [0.4, 0.5) is 17.1 Å². The Morgan fingerprint density at radius 3 is 2.26 bits per heavy atom. The fourth-order valence-electron chi connectivity index (χ4n) is 3.61. The number of hydrogen-bond donors (Lipinski definition) is 3. The predicted molar refractivity (Wildman–Crippen MR) is 141 cm³/mol. The normalized spacial score (nSPS) is 13.5. The fraction of sp³-hybridized carbons (Fsp3) is 0.0800. The van der Waals surface area contributed by atoms with Crippen LogP contribution in [-0.2, 0) is 19.6 Å². The van der Waals surface area contributed by atoms with E-state index in [9.17, 15) is 22.8 Å². The molecule has 196 valence electrons. The van der Waals surface area contributed by atoms with Crippen molar-refractivity contribution in [2.24, 2.45) is 5.14 Å². The zero-order valence-corrected chi connectivity index (χ0v) is 21.6. The molecule has 38 heavy (non-hydrogen) atoms. The summed E-state index contributed by atoms with van der Waals surface area (Å²) in [6.07, 6.45) is 0. The summed E-state index contributed by atoms with van der Waals surface area (Å²) in [7, 11) is -1.000. The molecule has 0 radical (unpaired) electrons. The van der Waals surface area contributed by atoms with Crippen LogP contribution in [0.25, 0.3) is 0 Å². The number of rotatable bonds is 8. The smallest absolute Gasteiger partial charge is 0.283 e. The van der Waals surface area contributed by atoms with E-state index in [1.165, 1.54) is 62.8 Å². The van der Waals surface area contributed by atoms with Crippen molar-refractivity contribution in [1.29, 1.82) is 0 Å². The second-order valence-electron chi connectivity index (χ2n) is 7.90. The molecule has 1 heterocycles. The molecule has 0 aliphatic carbocycles. The first kappa shape index (κ1) is 26.7. The summed E-state index contributed by atoms with van der Waals surface area (Å²) in [5.74, 6) is -1.27. The first-order valence-corrected chi connectivity index (χ1v) is 12.8. The summed E-state index contributed by atoms with van der Waals surface area (Å²) < 4.78 is 33.3. The van der Waals surface area contributed by atoms with Crippen LogP contribution < -0.4 is 30.1 Å². The lowest BCUT2D eigenvalue weighted by Gasteiger charge is -2.18. The van der Waals surface area contributed by atoms with Gasteiger partial charge < -0.3 is 20.1 Å². The average molecular weight is 557 g/mol. The van der Waals surface area contributed by atoms with Gasteiger partial charge >= 0.3 is 0 Å². The van der Waals surface area contributed by atoms with E-state index < -0.39 is 27.7 Å². The second kappa shape index (κ2) is 10.5. The molecular formula is C25H21ClN4O7S. The minimum atomic E-state index is -3.86. The Kier molecular flexibility index (Phi) is 7.39. The van der Waals surface area contributed by atoms with Gasteiger partial charge in [-0.25, -0.2) is 18.5 Å². The predicted octanol–water partition coefficient (Wildman–Crippen LogP) is 3.04. The zero-order chi connectivity index (χ0) is 27.6. The number of nitrogens with two attached hydrogens (primary N) is 1. The lowest BCUT2D eigenvalue weighted by atomic mass is 10.1. The van der Waals surface area contributed by atoms with Gasteiger partial charge in [0.25, 0.3) is 17.7 Å². The fourth-order valence-corrected chi connectivity index (χ4v) is 4.34. The van der Waals surface area contributed by atoms with E-state index in [-0.39, 0.29) is 32.6 Å². The maximum absolute atomic E-state index is 13.2.